The first-order valence-electron chi connectivity index (χ1n) is 5.49. The van der Waals surface area contributed by atoms with E-state index in [9.17, 15) is 4.79 Å². The number of halogens is 1. The van der Waals surface area contributed by atoms with Crippen molar-refractivity contribution in [1.82, 2.24) is 0 Å². The van der Waals surface area contributed by atoms with E-state index in [2.05, 4.69) is 22.0 Å². The molecule has 0 heterocycles. The van der Waals surface area contributed by atoms with E-state index in [1.54, 1.807) is 6.92 Å². The fourth-order valence-electron chi connectivity index (χ4n) is 2.31. The summed E-state index contributed by atoms with van der Waals surface area (Å²) in [5, 5.41) is 0. The molecule has 1 fully saturated rings. The maximum atomic E-state index is 11.2. The molecule has 0 spiro atoms. The van der Waals surface area contributed by atoms with E-state index in [1.807, 2.05) is 12.1 Å². The predicted octanol–water partition coefficient (Wildman–Crippen LogP) is 4.31. The number of carbonyl (C=O) groups excluding carboxylic acids is 1. The summed E-state index contributed by atoms with van der Waals surface area (Å²) in [6.07, 6.45) is 5.26. The van der Waals surface area contributed by atoms with Crippen LogP contribution in [0.4, 0.5) is 0 Å². The molecule has 1 aliphatic rings. The highest BCUT2D eigenvalue weighted by molar-refractivity contribution is 9.10. The van der Waals surface area contributed by atoms with Gasteiger partial charge >= 0.3 is 0 Å². The topological polar surface area (TPSA) is 17.1 Å². The first-order chi connectivity index (χ1) is 7.18. The molecule has 80 valence electrons. The van der Waals surface area contributed by atoms with E-state index in [-0.39, 0.29) is 5.78 Å². The van der Waals surface area contributed by atoms with Crippen LogP contribution in [-0.4, -0.2) is 5.78 Å². The quantitative estimate of drug-likeness (QED) is 0.730. The third kappa shape index (κ3) is 2.31. The second kappa shape index (κ2) is 4.48. The molecule has 1 aromatic carbocycles. The van der Waals surface area contributed by atoms with Crippen LogP contribution < -0.4 is 0 Å². The van der Waals surface area contributed by atoms with Gasteiger partial charge < -0.3 is 0 Å². The highest BCUT2D eigenvalue weighted by atomic mass is 79.9. The van der Waals surface area contributed by atoms with Crippen LogP contribution in [-0.2, 0) is 0 Å². The Balaban J connectivity index is 2.29. The lowest BCUT2D eigenvalue weighted by molar-refractivity contribution is 0.101. The lowest BCUT2D eigenvalue weighted by Gasteiger charge is -2.12. The summed E-state index contributed by atoms with van der Waals surface area (Å²) < 4.78 is 1.10. The van der Waals surface area contributed by atoms with Crippen LogP contribution in [0.1, 0.15) is 54.4 Å². The van der Waals surface area contributed by atoms with Gasteiger partial charge in [-0.15, -0.1) is 0 Å². The Bertz CT molecular complexity index is 378. The Morgan fingerprint density at radius 3 is 2.53 bits per heavy atom. The largest absolute Gasteiger partial charge is 0.295 e. The summed E-state index contributed by atoms with van der Waals surface area (Å²) >= 11 is 3.57. The summed E-state index contributed by atoms with van der Waals surface area (Å²) in [7, 11) is 0. The van der Waals surface area contributed by atoms with Gasteiger partial charge in [0.15, 0.2) is 5.78 Å². The van der Waals surface area contributed by atoms with Crippen LogP contribution in [0.25, 0.3) is 0 Å². The van der Waals surface area contributed by atoms with Crippen molar-refractivity contribution < 1.29 is 4.79 Å². The smallest absolute Gasteiger partial charge is 0.159 e. The molecule has 0 unspecified atom stereocenters. The molecule has 1 aromatic rings. The van der Waals surface area contributed by atoms with Crippen molar-refractivity contribution in [2.45, 2.75) is 38.5 Å². The van der Waals surface area contributed by atoms with E-state index in [0.717, 1.165) is 10.0 Å². The molecule has 1 aliphatic carbocycles. The Labute approximate surface area is 99.0 Å². The van der Waals surface area contributed by atoms with E-state index in [4.69, 9.17) is 0 Å². The van der Waals surface area contributed by atoms with Crippen molar-refractivity contribution in [3.63, 3.8) is 0 Å². The molecule has 0 radical (unpaired) electrons. The minimum absolute atomic E-state index is 0.133. The van der Waals surface area contributed by atoms with E-state index in [0.29, 0.717) is 5.92 Å². The third-order valence-corrected chi connectivity index (χ3v) is 3.89. The van der Waals surface area contributed by atoms with Gasteiger partial charge in [0.1, 0.15) is 0 Å². The van der Waals surface area contributed by atoms with Crippen molar-refractivity contribution in [2.24, 2.45) is 0 Å². The van der Waals surface area contributed by atoms with Crippen LogP contribution in [0, 0.1) is 0 Å². The third-order valence-electron chi connectivity index (χ3n) is 3.20. The zero-order chi connectivity index (χ0) is 10.8. The lowest BCUT2D eigenvalue weighted by atomic mass is 9.96. The van der Waals surface area contributed by atoms with Gasteiger partial charge in [0.25, 0.3) is 0 Å². The highest BCUT2D eigenvalue weighted by Crippen LogP contribution is 2.37. The molecule has 0 saturated heterocycles. The van der Waals surface area contributed by atoms with Crippen LogP contribution >= 0.6 is 15.9 Å². The van der Waals surface area contributed by atoms with Gasteiger partial charge in [-0.1, -0.05) is 40.9 Å². The number of hydrogen-bond donors (Lipinski definition) is 0. The van der Waals surface area contributed by atoms with Crippen molar-refractivity contribution in [2.75, 3.05) is 0 Å². The molecular weight excluding hydrogens is 252 g/mol. The summed E-state index contributed by atoms with van der Waals surface area (Å²) in [5.41, 5.74) is 2.17. The van der Waals surface area contributed by atoms with Crippen LogP contribution in [0.2, 0.25) is 0 Å². The molecule has 2 rings (SSSR count). The Hall–Kier alpha value is -0.630. The van der Waals surface area contributed by atoms with E-state index < -0.39 is 0 Å². The van der Waals surface area contributed by atoms with E-state index in [1.165, 1.54) is 31.2 Å². The van der Waals surface area contributed by atoms with Crippen molar-refractivity contribution in [1.29, 1.82) is 0 Å². The van der Waals surface area contributed by atoms with Crippen LogP contribution in [0.5, 0.6) is 0 Å². The predicted molar refractivity (Wildman–Crippen MR) is 65.4 cm³/mol. The number of benzene rings is 1. The van der Waals surface area contributed by atoms with Gasteiger partial charge in [0, 0.05) is 10.0 Å². The van der Waals surface area contributed by atoms with E-state index >= 15 is 0 Å². The molecule has 0 amide bonds. The van der Waals surface area contributed by atoms with Gasteiger partial charge in [-0.05, 0) is 37.3 Å². The summed E-state index contributed by atoms with van der Waals surface area (Å²) in [6.45, 7) is 1.61. The highest BCUT2D eigenvalue weighted by Gasteiger charge is 2.19. The number of rotatable bonds is 2. The normalized spacial score (nSPS) is 16.9. The molecule has 1 saturated carbocycles. The van der Waals surface area contributed by atoms with Crippen molar-refractivity contribution >= 4 is 21.7 Å². The maximum Gasteiger partial charge on any atom is 0.159 e. The lowest BCUT2D eigenvalue weighted by Crippen LogP contribution is -1.97. The average Bonchev–Trinajstić information content (AvgIpc) is 2.70. The molecule has 0 aromatic heterocycles. The fourth-order valence-corrected chi connectivity index (χ4v) is 3.02. The Morgan fingerprint density at radius 1 is 1.33 bits per heavy atom. The number of ketones is 1. The zero-order valence-corrected chi connectivity index (χ0v) is 10.5. The van der Waals surface area contributed by atoms with Gasteiger partial charge in [0.2, 0.25) is 0 Å². The van der Waals surface area contributed by atoms with Crippen molar-refractivity contribution in [3.05, 3.63) is 33.8 Å². The molecule has 0 atom stereocenters. The second-order valence-electron chi connectivity index (χ2n) is 4.27. The Morgan fingerprint density at radius 2 is 2.00 bits per heavy atom. The monoisotopic (exact) mass is 266 g/mol. The molecule has 0 N–H and O–H groups in total. The van der Waals surface area contributed by atoms with Gasteiger partial charge in [-0.2, -0.15) is 0 Å². The van der Waals surface area contributed by atoms with Crippen molar-refractivity contribution in [3.8, 4) is 0 Å². The standard InChI is InChI=1S/C13H15BrO/c1-9(15)11-6-7-12(13(14)8-11)10-4-2-3-5-10/h6-8,10H,2-5H2,1H3. The molecule has 15 heavy (non-hydrogen) atoms. The molecule has 2 heteroatoms. The Kier molecular flexibility index (Phi) is 3.25. The van der Waals surface area contributed by atoms with Gasteiger partial charge in [-0.25, -0.2) is 0 Å². The summed E-state index contributed by atoms with van der Waals surface area (Å²) in [5.74, 6) is 0.828. The summed E-state index contributed by atoms with van der Waals surface area (Å²) in [4.78, 5) is 11.2. The maximum absolute atomic E-state index is 11.2. The molecule has 1 nitrogen and oxygen atoms in total. The minimum Gasteiger partial charge on any atom is -0.295 e. The van der Waals surface area contributed by atoms with Gasteiger partial charge in [-0.3, -0.25) is 4.79 Å². The first kappa shape index (κ1) is 10.9. The first-order valence-corrected chi connectivity index (χ1v) is 6.28. The zero-order valence-electron chi connectivity index (χ0n) is 8.92. The second-order valence-corrected chi connectivity index (χ2v) is 5.13. The number of carbonyl (C=O) groups is 1. The average molecular weight is 267 g/mol. The molecule has 0 aliphatic heterocycles. The molecule has 0 bridgehead atoms. The summed E-state index contributed by atoms with van der Waals surface area (Å²) in [6, 6.07) is 6.01. The van der Waals surface area contributed by atoms with Crippen LogP contribution in [0.15, 0.2) is 22.7 Å². The number of hydrogen-bond acceptors (Lipinski definition) is 1. The van der Waals surface area contributed by atoms with Gasteiger partial charge in [0.05, 0.1) is 0 Å². The van der Waals surface area contributed by atoms with Crippen LogP contribution in [0.3, 0.4) is 0 Å². The minimum atomic E-state index is 0.133. The molecular formula is C13H15BrO. The SMILES string of the molecule is CC(=O)c1ccc(C2CCCC2)c(Br)c1. The fraction of sp³-hybridized carbons (Fsp3) is 0.462. The number of Topliss-reactive ketones (excluding diaryl/α,β-unsaturated/α-hetero) is 1.